The summed E-state index contributed by atoms with van der Waals surface area (Å²) in [4.78, 5) is 27.7. The van der Waals surface area contributed by atoms with Gasteiger partial charge in [0.15, 0.2) is 0 Å². The van der Waals surface area contributed by atoms with Gasteiger partial charge in [-0.15, -0.1) is 0 Å². The number of halogens is 1. The number of amides is 2. The maximum atomic E-state index is 12.2. The van der Waals surface area contributed by atoms with Crippen LogP contribution in [0.5, 0.6) is 0 Å². The molecule has 0 saturated heterocycles. The monoisotopic (exact) mass is 353 g/mol. The third kappa shape index (κ3) is 6.89. The van der Waals surface area contributed by atoms with E-state index in [1.54, 1.807) is 4.90 Å². The summed E-state index contributed by atoms with van der Waals surface area (Å²) in [5, 5.41) is 3.39. The van der Waals surface area contributed by atoms with Gasteiger partial charge < -0.3 is 15.1 Å². The zero-order valence-electron chi connectivity index (χ0n) is 15.3. The van der Waals surface area contributed by atoms with Crippen molar-refractivity contribution in [1.82, 2.24) is 9.80 Å². The number of rotatable bonds is 8. The molecule has 24 heavy (non-hydrogen) atoms. The molecule has 1 rings (SSSR count). The molecule has 0 aliphatic rings. The van der Waals surface area contributed by atoms with Gasteiger partial charge in [-0.1, -0.05) is 17.7 Å². The minimum Gasteiger partial charge on any atom is -0.342 e. The molecule has 0 atom stereocenters. The summed E-state index contributed by atoms with van der Waals surface area (Å²) in [6.07, 6.45) is 1.14. The molecule has 0 aromatic heterocycles. The van der Waals surface area contributed by atoms with E-state index < -0.39 is 0 Å². The Bertz CT molecular complexity index is 565. The molecule has 0 aliphatic carbocycles. The van der Waals surface area contributed by atoms with Gasteiger partial charge in [-0.05, 0) is 58.1 Å². The summed E-state index contributed by atoms with van der Waals surface area (Å²) < 4.78 is 0. The Morgan fingerprint density at radius 3 is 2.33 bits per heavy atom. The predicted octanol–water partition coefficient (Wildman–Crippen LogP) is 3.09. The van der Waals surface area contributed by atoms with Gasteiger partial charge in [0, 0.05) is 26.4 Å². The molecular weight excluding hydrogens is 326 g/mol. The quantitative estimate of drug-likeness (QED) is 0.781. The first-order valence-electron chi connectivity index (χ1n) is 8.17. The number of carbonyl (C=O) groups excluding carboxylic acids is 2. The van der Waals surface area contributed by atoms with E-state index >= 15 is 0 Å². The van der Waals surface area contributed by atoms with Crippen LogP contribution in [0.3, 0.4) is 0 Å². The fourth-order valence-corrected chi connectivity index (χ4v) is 2.89. The van der Waals surface area contributed by atoms with Gasteiger partial charge in [0.05, 0.1) is 10.7 Å². The van der Waals surface area contributed by atoms with E-state index in [1.165, 1.54) is 6.92 Å². The molecule has 0 radical (unpaired) electrons. The first-order valence-corrected chi connectivity index (χ1v) is 8.55. The molecule has 2 amide bonds. The normalized spacial score (nSPS) is 10.8. The second-order valence-electron chi connectivity index (χ2n) is 6.40. The average Bonchev–Trinajstić information content (AvgIpc) is 2.45. The lowest BCUT2D eigenvalue weighted by atomic mass is 10.1. The van der Waals surface area contributed by atoms with Crippen LogP contribution in [0.15, 0.2) is 12.1 Å². The van der Waals surface area contributed by atoms with E-state index in [0.29, 0.717) is 23.8 Å². The standard InChI is InChI=1S/C18H28ClN3O2/c1-13-11-14(2)18(16(19)12-13)20-17(24)7-10-22(15(3)23)9-6-8-21(4)5/h11-12H,6-10H2,1-5H3,(H,20,24). The molecule has 6 heteroatoms. The van der Waals surface area contributed by atoms with Gasteiger partial charge in [-0.3, -0.25) is 9.59 Å². The lowest BCUT2D eigenvalue weighted by Crippen LogP contribution is -2.34. The summed E-state index contributed by atoms with van der Waals surface area (Å²) in [5.74, 6) is -0.145. The summed E-state index contributed by atoms with van der Waals surface area (Å²) >= 11 is 6.21. The van der Waals surface area contributed by atoms with Gasteiger partial charge in [-0.25, -0.2) is 0 Å². The van der Waals surface area contributed by atoms with E-state index in [1.807, 2.05) is 40.1 Å². The van der Waals surface area contributed by atoms with Crippen molar-refractivity contribution in [3.05, 3.63) is 28.3 Å². The maximum Gasteiger partial charge on any atom is 0.226 e. The van der Waals surface area contributed by atoms with Crippen molar-refractivity contribution in [1.29, 1.82) is 0 Å². The van der Waals surface area contributed by atoms with E-state index in [-0.39, 0.29) is 18.2 Å². The SMILES string of the molecule is CC(=O)N(CCCN(C)C)CCC(=O)Nc1c(C)cc(C)cc1Cl. The molecule has 0 saturated carbocycles. The first-order chi connectivity index (χ1) is 11.2. The van der Waals surface area contributed by atoms with E-state index in [2.05, 4.69) is 10.2 Å². The molecule has 1 N–H and O–H groups in total. The smallest absolute Gasteiger partial charge is 0.226 e. The molecule has 134 valence electrons. The highest BCUT2D eigenvalue weighted by atomic mass is 35.5. The van der Waals surface area contributed by atoms with Crippen LogP contribution in [0, 0.1) is 13.8 Å². The average molecular weight is 354 g/mol. The van der Waals surface area contributed by atoms with Crippen LogP contribution >= 0.6 is 11.6 Å². The summed E-state index contributed by atoms with van der Waals surface area (Å²) in [6.45, 7) is 7.39. The minimum atomic E-state index is -0.136. The second-order valence-corrected chi connectivity index (χ2v) is 6.81. The molecule has 0 heterocycles. The van der Waals surface area contributed by atoms with Crippen LogP contribution in [0.1, 0.15) is 30.9 Å². The number of benzene rings is 1. The molecule has 0 aliphatic heterocycles. The van der Waals surface area contributed by atoms with Crippen LogP contribution in [0.2, 0.25) is 5.02 Å². The molecule has 0 unspecified atom stereocenters. The summed E-state index contributed by atoms with van der Waals surface area (Å²) in [6, 6.07) is 3.80. The number of nitrogens with zero attached hydrogens (tertiary/aromatic N) is 2. The van der Waals surface area contributed by atoms with Gasteiger partial charge in [0.1, 0.15) is 0 Å². The fourth-order valence-electron chi connectivity index (χ4n) is 2.52. The molecular formula is C18H28ClN3O2. The number of hydrogen-bond acceptors (Lipinski definition) is 3. The maximum absolute atomic E-state index is 12.2. The van der Waals surface area contributed by atoms with Crippen LogP contribution in [-0.4, -0.2) is 55.3 Å². The Hall–Kier alpha value is -1.59. The summed E-state index contributed by atoms with van der Waals surface area (Å²) in [7, 11) is 4.00. The predicted molar refractivity (Wildman–Crippen MR) is 99.6 cm³/mol. The van der Waals surface area contributed by atoms with Crippen molar-refractivity contribution in [2.75, 3.05) is 39.0 Å². The first kappa shape index (κ1) is 20.5. The van der Waals surface area contributed by atoms with E-state index in [4.69, 9.17) is 11.6 Å². The molecule has 1 aromatic rings. The Morgan fingerprint density at radius 2 is 1.79 bits per heavy atom. The third-order valence-corrected chi connectivity index (χ3v) is 4.08. The van der Waals surface area contributed by atoms with Crippen molar-refractivity contribution < 1.29 is 9.59 Å². The van der Waals surface area contributed by atoms with E-state index in [9.17, 15) is 9.59 Å². The number of nitrogens with one attached hydrogen (secondary N) is 1. The Balaban J connectivity index is 2.56. The van der Waals surface area contributed by atoms with Gasteiger partial charge >= 0.3 is 0 Å². The molecule has 0 fully saturated rings. The van der Waals surface area contributed by atoms with Crippen LogP contribution in [0.4, 0.5) is 5.69 Å². The highest BCUT2D eigenvalue weighted by molar-refractivity contribution is 6.34. The highest BCUT2D eigenvalue weighted by Crippen LogP contribution is 2.27. The fraction of sp³-hybridized carbons (Fsp3) is 0.556. The zero-order valence-corrected chi connectivity index (χ0v) is 16.0. The van der Waals surface area contributed by atoms with Crippen molar-refractivity contribution >= 4 is 29.1 Å². The van der Waals surface area contributed by atoms with Crippen molar-refractivity contribution in [3.8, 4) is 0 Å². The number of anilines is 1. The summed E-state index contributed by atoms with van der Waals surface area (Å²) in [5.41, 5.74) is 2.64. The van der Waals surface area contributed by atoms with Crippen molar-refractivity contribution in [2.24, 2.45) is 0 Å². The second kappa shape index (κ2) is 9.64. The Labute approximate surface area is 150 Å². The lowest BCUT2D eigenvalue weighted by Gasteiger charge is -2.22. The highest BCUT2D eigenvalue weighted by Gasteiger charge is 2.13. The van der Waals surface area contributed by atoms with E-state index in [0.717, 1.165) is 24.1 Å². The number of carbonyl (C=O) groups is 2. The van der Waals surface area contributed by atoms with Crippen LogP contribution < -0.4 is 5.32 Å². The van der Waals surface area contributed by atoms with Crippen LogP contribution in [0.25, 0.3) is 0 Å². The Kier molecular flexibility index (Phi) is 8.22. The largest absolute Gasteiger partial charge is 0.342 e. The molecule has 0 bridgehead atoms. The number of aryl methyl sites for hydroxylation is 2. The van der Waals surface area contributed by atoms with Crippen LogP contribution in [-0.2, 0) is 9.59 Å². The Morgan fingerprint density at radius 1 is 1.12 bits per heavy atom. The topological polar surface area (TPSA) is 52.7 Å². The van der Waals surface area contributed by atoms with Gasteiger partial charge in [-0.2, -0.15) is 0 Å². The molecule has 0 spiro atoms. The van der Waals surface area contributed by atoms with Gasteiger partial charge in [0.25, 0.3) is 0 Å². The third-order valence-electron chi connectivity index (χ3n) is 3.78. The lowest BCUT2D eigenvalue weighted by molar-refractivity contribution is -0.129. The molecule has 5 nitrogen and oxygen atoms in total. The van der Waals surface area contributed by atoms with Crippen molar-refractivity contribution in [2.45, 2.75) is 33.6 Å². The van der Waals surface area contributed by atoms with Crippen molar-refractivity contribution in [3.63, 3.8) is 0 Å². The number of hydrogen-bond donors (Lipinski definition) is 1. The zero-order chi connectivity index (χ0) is 18.3. The molecule has 1 aromatic carbocycles. The van der Waals surface area contributed by atoms with Gasteiger partial charge in [0.2, 0.25) is 11.8 Å². The minimum absolute atomic E-state index is 0.00824.